The predicted molar refractivity (Wildman–Crippen MR) is 70.7 cm³/mol. The molecule has 0 atom stereocenters. The molecule has 4 N–H and O–H groups in total. The van der Waals surface area contributed by atoms with Crippen LogP contribution in [0.5, 0.6) is 0 Å². The van der Waals surface area contributed by atoms with Gasteiger partial charge in [0.15, 0.2) is 0 Å². The van der Waals surface area contributed by atoms with Crippen LogP contribution in [0.2, 0.25) is 0 Å². The van der Waals surface area contributed by atoms with Gasteiger partial charge in [0.25, 0.3) is 0 Å². The van der Waals surface area contributed by atoms with Crippen LogP contribution < -0.4 is 11.5 Å². The van der Waals surface area contributed by atoms with Gasteiger partial charge in [-0.3, -0.25) is 0 Å². The maximum atomic E-state index is 5.87. The number of hydrogen-bond acceptors (Lipinski definition) is 2. The lowest BCUT2D eigenvalue weighted by atomic mass is 10.1. The van der Waals surface area contributed by atoms with E-state index in [1.807, 2.05) is 12.1 Å². The Morgan fingerprint density at radius 2 is 1.81 bits per heavy atom. The Bertz CT molecular complexity index is 387. The summed E-state index contributed by atoms with van der Waals surface area (Å²) in [6, 6.07) is 8.20. The van der Waals surface area contributed by atoms with Crippen molar-refractivity contribution in [3.8, 4) is 0 Å². The van der Waals surface area contributed by atoms with E-state index in [4.69, 9.17) is 23.1 Å². The third kappa shape index (κ3) is 3.99. The minimum absolute atomic E-state index is 0.227. The van der Waals surface area contributed by atoms with Crippen molar-refractivity contribution in [2.24, 2.45) is 11.5 Å². The molecule has 3 heteroatoms. The van der Waals surface area contributed by atoms with Gasteiger partial charge >= 0.3 is 0 Å². The minimum Gasteiger partial charge on any atom is -0.398 e. The molecule has 0 bridgehead atoms. The van der Waals surface area contributed by atoms with Crippen LogP contribution in [-0.2, 0) is 6.42 Å². The van der Waals surface area contributed by atoms with Crippen molar-refractivity contribution in [3.05, 3.63) is 52.7 Å². The van der Waals surface area contributed by atoms with Gasteiger partial charge in [0.1, 0.15) is 0 Å². The predicted octanol–water partition coefficient (Wildman–Crippen LogP) is 2.98. The Kier molecular flexibility index (Phi) is 4.93. The molecule has 0 aromatic heterocycles. The molecule has 0 saturated carbocycles. The average molecular weight is 237 g/mol. The molecule has 0 aliphatic carbocycles. The topological polar surface area (TPSA) is 52.0 Å². The molecule has 0 radical (unpaired) electrons. The van der Waals surface area contributed by atoms with E-state index in [2.05, 4.69) is 19.1 Å². The molecule has 0 fully saturated rings. The average Bonchev–Trinajstić information content (AvgIpc) is 2.27. The Balaban J connectivity index is 2.81. The molecule has 0 spiro atoms. The van der Waals surface area contributed by atoms with Crippen molar-refractivity contribution in [2.45, 2.75) is 19.8 Å². The fourth-order valence-corrected chi connectivity index (χ4v) is 1.48. The summed E-state index contributed by atoms with van der Waals surface area (Å²) in [5.74, 6) is 0. The Morgan fingerprint density at radius 3 is 2.31 bits per heavy atom. The van der Waals surface area contributed by atoms with Crippen LogP contribution in [0.3, 0.4) is 0 Å². The minimum atomic E-state index is 0.227. The first-order valence-corrected chi connectivity index (χ1v) is 5.69. The fraction of sp³-hybridized carbons (Fsp3) is 0.231. The zero-order valence-electron chi connectivity index (χ0n) is 9.41. The highest BCUT2D eigenvalue weighted by Crippen LogP contribution is 2.12. The Labute approximate surface area is 102 Å². The lowest BCUT2D eigenvalue weighted by Gasteiger charge is -2.03. The van der Waals surface area contributed by atoms with Gasteiger partial charge < -0.3 is 11.5 Å². The van der Waals surface area contributed by atoms with Crippen molar-refractivity contribution in [3.63, 3.8) is 0 Å². The number of benzene rings is 1. The summed E-state index contributed by atoms with van der Waals surface area (Å²) in [7, 11) is 0. The van der Waals surface area contributed by atoms with Crippen molar-refractivity contribution in [1.82, 2.24) is 0 Å². The van der Waals surface area contributed by atoms with E-state index < -0.39 is 0 Å². The van der Waals surface area contributed by atoms with Gasteiger partial charge in [-0.2, -0.15) is 0 Å². The largest absolute Gasteiger partial charge is 0.398 e. The van der Waals surface area contributed by atoms with E-state index in [0.29, 0.717) is 5.70 Å². The van der Waals surface area contributed by atoms with Crippen LogP contribution in [0.25, 0.3) is 5.70 Å². The van der Waals surface area contributed by atoms with E-state index in [0.717, 1.165) is 18.4 Å². The molecular formula is C13H17ClN2. The van der Waals surface area contributed by atoms with Gasteiger partial charge in [-0.1, -0.05) is 49.2 Å². The number of halogens is 1. The van der Waals surface area contributed by atoms with E-state index in [9.17, 15) is 0 Å². The first kappa shape index (κ1) is 12.7. The zero-order valence-corrected chi connectivity index (χ0v) is 10.2. The second-order valence-corrected chi connectivity index (χ2v) is 4.06. The molecule has 1 aromatic rings. The summed E-state index contributed by atoms with van der Waals surface area (Å²) in [5.41, 5.74) is 14.1. The SMILES string of the molecule is CCCc1ccc(/C(N)=C/C=C(\N)Cl)cc1. The van der Waals surface area contributed by atoms with E-state index in [1.165, 1.54) is 5.56 Å². The number of allylic oxidation sites excluding steroid dienone is 2. The molecule has 16 heavy (non-hydrogen) atoms. The smallest absolute Gasteiger partial charge is 0.0992 e. The second kappa shape index (κ2) is 6.23. The van der Waals surface area contributed by atoms with Gasteiger partial charge in [0, 0.05) is 5.70 Å². The third-order valence-electron chi connectivity index (χ3n) is 2.25. The van der Waals surface area contributed by atoms with E-state index >= 15 is 0 Å². The highest BCUT2D eigenvalue weighted by atomic mass is 35.5. The standard InChI is InChI=1S/C13H17ClN2/c1-2-3-10-4-6-11(7-5-10)12(15)8-9-13(14)16/h4-9H,2-3,15-16H2,1H3/b12-8-,13-9-. The zero-order chi connectivity index (χ0) is 12.0. The number of hydrogen-bond donors (Lipinski definition) is 2. The molecule has 1 rings (SSSR count). The van der Waals surface area contributed by atoms with Crippen LogP contribution in [0.15, 0.2) is 41.6 Å². The molecule has 2 nitrogen and oxygen atoms in total. The molecule has 0 amide bonds. The van der Waals surface area contributed by atoms with Crippen LogP contribution in [-0.4, -0.2) is 0 Å². The lowest BCUT2D eigenvalue weighted by molar-refractivity contribution is 0.921. The molecular weight excluding hydrogens is 220 g/mol. The normalized spacial score (nSPS) is 12.9. The van der Waals surface area contributed by atoms with Gasteiger partial charge in [0.05, 0.1) is 5.16 Å². The van der Waals surface area contributed by atoms with Crippen molar-refractivity contribution >= 4 is 17.3 Å². The Morgan fingerprint density at radius 1 is 1.19 bits per heavy atom. The van der Waals surface area contributed by atoms with Gasteiger partial charge in [0.2, 0.25) is 0 Å². The van der Waals surface area contributed by atoms with Gasteiger partial charge in [-0.15, -0.1) is 0 Å². The maximum absolute atomic E-state index is 5.87. The van der Waals surface area contributed by atoms with Crippen LogP contribution in [0, 0.1) is 0 Å². The first-order valence-electron chi connectivity index (χ1n) is 5.31. The molecule has 1 aromatic carbocycles. The van der Waals surface area contributed by atoms with Crippen LogP contribution >= 0.6 is 11.6 Å². The highest BCUT2D eigenvalue weighted by Gasteiger charge is 1.96. The van der Waals surface area contributed by atoms with E-state index in [1.54, 1.807) is 12.2 Å². The summed E-state index contributed by atoms with van der Waals surface area (Å²) < 4.78 is 0. The van der Waals surface area contributed by atoms with Crippen LogP contribution in [0.1, 0.15) is 24.5 Å². The van der Waals surface area contributed by atoms with Crippen molar-refractivity contribution in [1.29, 1.82) is 0 Å². The van der Waals surface area contributed by atoms with Gasteiger partial charge in [-0.05, 0) is 29.7 Å². The van der Waals surface area contributed by atoms with Gasteiger partial charge in [-0.25, -0.2) is 0 Å². The highest BCUT2D eigenvalue weighted by molar-refractivity contribution is 6.29. The first-order chi connectivity index (χ1) is 7.63. The van der Waals surface area contributed by atoms with Crippen molar-refractivity contribution < 1.29 is 0 Å². The summed E-state index contributed by atoms with van der Waals surface area (Å²) >= 11 is 5.51. The van der Waals surface area contributed by atoms with E-state index in [-0.39, 0.29) is 5.16 Å². The maximum Gasteiger partial charge on any atom is 0.0992 e. The molecule has 0 heterocycles. The quantitative estimate of drug-likeness (QED) is 0.624. The summed E-state index contributed by atoms with van der Waals surface area (Å²) in [5, 5.41) is 0.227. The summed E-state index contributed by atoms with van der Waals surface area (Å²) in [6.45, 7) is 2.16. The molecule has 86 valence electrons. The Hall–Kier alpha value is -1.41. The fourth-order valence-electron chi connectivity index (χ4n) is 1.42. The summed E-state index contributed by atoms with van der Waals surface area (Å²) in [4.78, 5) is 0. The number of rotatable bonds is 4. The molecule has 0 aliphatic rings. The number of aryl methyl sites for hydroxylation is 1. The second-order valence-electron chi connectivity index (χ2n) is 3.62. The van der Waals surface area contributed by atoms with Crippen LogP contribution in [0.4, 0.5) is 0 Å². The molecule has 0 saturated heterocycles. The van der Waals surface area contributed by atoms with Crippen molar-refractivity contribution in [2.75, 3.05) is 0 Å². The molecule has 0 unspecified atom stereocenters. The monoisotopic (exact) mass is 236 g/mol. The molecule has 0 aliphatic heterocycles. The third-order valence-corrected chi connectivity index (χ3v) is 2.37. The lowest BCUT2D eigenvalue weighted by Crippen LogP contribution is -1.96. The summed E-state index contributed by atoms with van der Waals surface area (Å²) in [6.07, 6.45) is 5.53. The number of nitrogens with two attached hydrogens (primary N) is 2.